The van der Waals surface area contributed by atoms with Gasteiger partial charge < -0.3 is 10.3 Å². The van der Waals surface area contributed by atoms with Gasteiger partial charge in [-0.25, -0.2) is 4.98 Å². The maximum absolute atomic E-state index is 4.42. The van der Waals surface area contributed by atoms with E-state index < -0.39 is 0 Å². The fourth-order valence-electron chi connectivity index (χ4n) is 2.18. The topological polar surface area (TPSA) is 40.7 Å². The summed E-state index contributed by atoms with van der Waals surface area (Å²) < 4.78 is 0. The second-order valence-electron chi connectivity index (χ2n) is 4.54. The Bertz CT molecular complexity index is 669. The molecule has 0 aliphatic heterocycles. The molecule has 4 heteroatoms. The zero-order valence-electron chi connectivity index (χ0n) is 10.9. The molecule has 2 heterocycles. The largest absolute Gasteiger partial charge is 0.361 e. The molecule has 0 aliphatic rings. The minimum absolute atomic E-state index is 0.837. The van der Waals surface area contributed by atoms with E-state index in [-0.39, 0.29) is 0 Å². The van der Waals surface area contributed by atoms with Crippen molar-refractivity contribution in [2.24, 2.45) is 0 Å². The minimum atomic E-state index is 0.837. The first kappa shape index (κ1) is 12.4. The Kier molecular flexibility index (Phi) is 3.62. The Hall–Kier alpha value is -1.65. The number of hydrogen-bond acceptors (Lipinski definition) is 3. The van der Waals surface area contributed by atoms with Crippen molar-refractivity contribution < 1.29 is 0 Å². The van der Waals surface area contributed by atoms with Crippen LogP contribution in [0.15, 0.2) is 36.7 Å². The van der Waals surface area contributed by atoms with E-state index in [1.807, 2.05) is 6.20 Å². The van der Waals surface area contributed by atoms with Gasteiger partial charge in [-0.3, -0.25) is 0 Å². The van der Waals surface area contributed by atoms with Gasteiger partial charge in [-0.1, -0.05) is 25.1 Å². The molecule has 0 fully saturated rings. The predicted octanol–water partition coefficient (Wildman–Crippen LogP) is 3.48. The number of para-hydroxylation sites is 1. The van der Waals surface area contributed by atoms with Crippen molar-refractivity contribution in [3.8, 4) is 0 Å². The molecule has 2 N–H and O–H groups in total. The summed E-state index contributed by atoms with van der Waals surface area (Å²) in [4.78, 5) is 9.06. The van der Waals surface area contributed by atoms with Gasteiger partial charge in [0.25, 0.3) is 0 Å². The third-order valence-electron chi connectivity index (χ3n) is 3.22. The maximum atomic E-state index is 4.42. The smallest absolute Gasteiger partial charge is 0.107 e. The molecule has 3 aromatic rings. The van der Waals surface area contributed by atoms with E-state index in [0.29, 0.717) is 0 Å². The molecule has 1 aromatic carbocycles. The predicted molar refractivity (Wildman–Crippen MR) is 80.3 cm³/mol. The highest BCUT2D eigenvalue weighted by atomic mass is 32.1. The summed E-state index contributed by atoms with van der Waals surface area (Å²) in [5.41, 5.74) is 2.50. The summed E-state index contributed by atoms with van der Waals surface area (Å²) in [7, 11) is 0. The van der Waals surface area contributed by atoms with Crippen LogP contribution in [-0.2, 0) is 19.5 Å². The Morgan fingerprint density at radius 3 is 3.00 bits per heavy atom. The number of fused-ring (bicyclic) bond motifs is 1. The van der Waals surface area contributed by atoms with Gasteiger partial charge in [0.15, 0.2) is 0 Å². The monoisotopic (exact) mass is 271 g/mol. The number of aromatic amines is 1. The van der Waals surface area contributed by atoms with Gasteiger partial charge in [-0.2, -0.15) is 0 Å². The van der Waals surface area contributed by atoms with Crippen molar-refractivity contribution in [3.63, 3.8) is 0 Å². The molecule has 3 rings (SSSR count). The number of hydrogen-bond donors (Lipinski definition) is 2. The molecule has 0 aliphatic carbocycles. The molecule has 0 saturated carbocycles. The number of rotatable bonds is 5. The zero-order chi connectivity index (χ0) is 13.1. The van der Waals surface area contributed by atoms with E-state index in [2.05, 4.69) is 52.7 Å². The molecule has 98 valence electrons. The van der Waals surface area contributed by atoms with E-state index >= 15 is 0 Å². The minimum Gasteiger partial charge on any atom is -0.361 e. The van der Waals surface area contributed by atoms with Crippen LogP contribution in [0.3, 0.4) is 0 Å². The van der Waals surface area contributed by atoms with Crippen molar-refractivity contribution in [2.75, 3.05) is 0 Å². The molecule has 0 amide bonds. The molecule has 0 bridgehead atoms. The van der Waals surface area contributed by atoms with Gasteiger partial charge in [0.05, 0.1) is 0 Å². The molecule has 0 radical (unpaired) electrons. The highest BCUT2D eigenvalue weighted by Gasteiger charge is 2.03. The fourth-order valence-corrected chi connectivity index (χ4v) is 3.01. The summed E-state index contributed by atoms with van der Waals surface area (Å²) in [6, 6.07) is 8.39. The van der Waals surface area contributed by atoms with Crippen LogP contribution in [0, 0.1) is 0 Å². The summed E-state index contributed by atoms with van der Waals surface area (Å²) >= 11 is 1.79. The lowest BCUT2D eigenvalue weighted by molar-refractivity contribution is 0.693. The van der Waals surface area contributed by atoms with Gasteiger partial charge >= 0.3 is 0 Å². The van der Waals surface area contributed by atoms with Gasteiger partial charge in [0.1, 0.15) is 5.01 Å². The first-order chi connectivity index (χ1) is 9.36. The number of nitrogens with zero attached hydrogens (tertiary/aromatic N) is 1. The van der Waals surface area contributed by atoms with Gasteiger partial charge in [0.2, 0.25) is 0 Å². The van der Waals surface area contributed by atoms with Crippen molar-refractivity contribution in [2.45, 2.75) is 26.4 Å². The molecule has 3 nitrogen and oxygen atoms in total. The Balaban J connectivity index is 1.63. The van der Waals surface area contributed by atoms with Crippen LogP contribution in [0.1, 0.15) is 22.4 Å². The SMILES string of the molecule is CCc1cnc(CNCc2c[nH]c3ccccc23)s1. The van der Waals surface area contributed by atoms with Crippen molar-refractivity contribution in [1.82, 2.24) is 15.3 Å². The van der Waals surface area contributed by atoms with E-state index in [0.717, 1.165) is 24.5 Å². The third-order valence-corrected chi connectivity index (χ3v) is 4.36. The zero-order valence-corrected chi connectivity index (χ0v) is 11.8. The molecule has 0 saturated heterocycles. The van der Waals surface area contributed by atoms with Crippen LogP contribution in [0.25, 0.3) is 10.9 Å². The van der Waals surface area contributed by atoms with Gasteiger partial charge in [0, 0.05) is 41.3 Å². The molecule has 2 aromatic heterocycles. The number of aromatic nitrogens is 2. The van der Waals surface area contributed by atoms with Crippen molar-refractivity contribution in [1.29, 1.82) is 0 Å². The standard InChI is InChI=1S/C15H17N3S/c1-2-12-9-18-15(19-12)10-16-7-11-8-17-14-6-4-3-5-13(11)14/h3-6,8-9,16-17H,2,7,10H2,1H3. The first-order valence-corrected chi connectivity index (χ1v) is 7.37. The van der Waals surface area contributed by atoms with Crippen molar-refractivity contribution in [3.05, 3.63) is 52.1 Å². The highest BCUT2D eigenvalue weighted by molar-refractivity contribution is 7.11. The number of thiazole rings is 1. The third kappa shape index (κ3) is 2.69. The second kappa shape index (κ2) is 5.55. The van der Waals surface area contributed by atoms with E-state index in [9.17, 15) is 0 Å². The summed E-state index contributed by atoms with van der Waals surface area (Å²) in [6.45, 7) is 3.87. The summed E-state index contributed by atoms with van der Waals surface area (Å²) in [5, 5.41) is 5.92. The first-order valence-electron chi connectivity index (χ1n) is 6.56. The molecule has 0 unspecified atom stereocenters. The van der Waals surface area contributed by atoms with Crippen LogP contribution in [0.5, 0.6) is 0 Å². The average molecular weight is 271 g/mol. The lowest BCUT2D eigenvalue weighted by Gasteiger charge is -2.01. The van der Waals surface area contributed by atoms with Crippen LogP contribution >= 0.6 is 11.3 Å². The van der Waals surface area contributed by atoms with E-state index in [1.54, 1.807) is 11.3 Å². The summed E-state index contributed by atoms with van der Waals surface area (Å²) in [5.74, 6) is 0. The normalized spacial score (nSPS) is 11.2. The number of aryl methyl sites for hydroxylation is 1. The molecular formula is C15H17N3S. The maximum Gasteiger partial charge on any atom is 0.107 e. The van der Waals surface area contributed by atoms with Gasteiger partial charge in [-0.05, 0) is 18.1 Å². The van der Waals surface area contributed by atoms with Crippen LogP contribution in [-0.4, -0.2) is 9.97 Å². The lowest BCUT2D eigenvalue weighted by atomic mass is 10.2. The van der Waals surface area contributed by atoms with Crippen LogP contribution < -0.4 is 5.32 Å². The number of benzene rings is 1. The molecule has 0 spiro atoms. The molecule has 19 heavy (non-hydrogen) atoms. The number of nitrogens with one attached hydrogen (secondary N) is 2. The lowest BCUT2D eigenvalue weighted by Crippen LogP contribution is -2.12. The van der Waals surface area contributed by atoms with Crippen LogP contribution in [0.2, 0.25) is 0 Å². The van der Waals surface area contributed by atoms with Crippen LogP contribution in [0.4, 0.5) is 0 Å². The number of H-pyrrole nitrogens is 1. The fraction of sp³-hybridized carbons (Fsp3) is 0.267. The molecule has 0 atom stereocenters. The van der Waals surface area contributed by atoms with Gasteiger partial charge in [-0.15, -0.1) is 11.3 Å². The van der Waals surface area contributed by atoms with E-state index in [4.69, 9.17) is 0 Å². The van der Waals surface area contributed by atoms with Crippen molar-refractivity contribution >= 4 is 22.2 Å². The summed E-state index contributed by atoms with van der Waals surface area (Å²) in [6.07, 6.45) is 5.13. The van der Waals surface area contributed by atoms with E-state index in [1.165, 1.54) is 21.3 Å². The second-order valence-corrected chi connectivity index (χ2v) is 5.74. The Morgan fingerprint density at radius 1 is 1.26 bits per heavy atom. The average Bonchev–Trinajstić information content (AvgIpc) is 3.06. The Labute approximate surface area is 116 Å². The Morgan fingerprint density at radius 2 is 2.16 bits per heavy atom. The highest BCUT2D eigenvalue weighted by Crippen LogP contribution is 2.18. The molecular weight excluding hydrogens is 254 g/mol. The quantitative estimate of drug-likeness (QED) is 0.746.